The van der Waals surface area contributed by atoms with E-state index in [0.29, 0.717) is 12.3 Å². The molecule has 0 atom stereocenters. The van der Waals surface area contributed by atoms with Crippen molar-refractivity contribution in [3.8, 4) is 0 Å². The molecule has 0 bridgehead atoms. The van der Waals surface area contributed by atoms with Gasteiger partial charge in [0.15, 0.2) is 0 Å². The Morgan fingerprint density at radius 2 is 2.04 bits per heavy atom. The zero-order valence-electron chi connectivity index (χ0n) is 14.7. The first-order chi connectivity index (χ1) is 13.8. The Morgan fingerprint density at radius 3 is 2.86 bits per heavy atom. The van der Waals surface area contributed by atoms with Crippen LogP contribution >= 0.6 is 34.4 Å². The minimum Gasteiger partial charge on any atom is -0.326 e. The van der Waals surface area contributed by atoms with Crippen LogP contribution in [0.25, 0.3) is 0 Å². The van der Waals surface area contributed by atoms with E-state index in [2.05, 4.69) is 31.9 Å². The number of thiazole rings is 1. The number of nitrogens with one attached hydrogen (secondary N) is 1. The molecule has 3 aromatic heterocycles. The van der Waals surface area contributed by atoms with E-state index in [1.807, 2.05) is 47.2 Å². The summed E-state index contributed by atoms with van der Waals surface area (Å²) in [5.41, 5.74) is 1.71. The summed E-state index contributed by atoms with van der Waals surface area (Å²) in [6, 6.07) is 13.5. The summed E-state index contributed by atoms with van der Waals surface area (Å²) in [6.07, 6.45) is 0.264. The number of anilines is 1. The lowest BCUT2D eigenvalue weighted by Crippen LogP contribution is -2.14. The summed E-state index contributed by atoms with van der Waals surface area (Å²) in [5.74, 6) is 0.585. The fraction of sp³-hybridized carbons (Fsp3) is 0.167. The van der Waals surface area contributed by atoms with Crippen LogP contribution in [0.5, 0.6) is 0 Å². The van der Waals surface area contributed by atoms with E-state index in [4.69, 9.17) is 0 Å². The summed E-state index contributed by atoms with van der Waals surface area (Å²) >= 11 is 4.71. The first-order valence-corrected chi connectivity index (χ1v) is 11.2. The Hall–Kier alpha value is -2.56. The second-order valence-corrected chi connectivity index (χ2v) is 8.73. The number of aromatic nitrogens is 5. The van der Waals surface area contributed by atoms with E-state index in [1.165, 1.54) is 28.0 Å². The van der Waals surface area contributed by atoms with E-state index in [-0.39, 0.29) is 12.3 Å². The van der Waals surface area contributed by atoms with Gasteiger partial charge in [0.25, 0.3) is 0 Å². The minimum atomic E-state index is -0.0698. The van der Waals surface area contributed by atoms with Gasteiger partial charge in [-0.05, 0) is 34.0 Å². The van der Waals surface area contributed by atoms with Gasteiger partial charge in [0, 0.05) is 21.7 Å². The number of carbonyl (C=O) groups is 1. The number of carbonyl (C=O) groups excluding carboxylic acids is 1. The molecule has 0 unspecified atom stereocenters. The zero-order chi connectivity index (χ0) is 19.2. The van der Waals surface area contributed by atoms with Crippen LogP contribution in [0.1, 0.15) is 15.6 Å². The molecule has 1 amide bonds. The van der Waals surface area contributed by atoms with Crippen LogP contribution in [-0.4, -0.2) is 31.1 Å². The molecule has 142 valence electrons. The molecule has 0 aliphatic carbocycles. The molecule has 7 nitrogen and oxygen atoms in total. The normalized spacial score (nSPS) is 10.9. The molecule has 0 radical (unpaired) electrons. The van der Waals surface area contributed by atoms with Gasteiger partial charge >= 0.3 is 0 Å². The van der Waals surface area contributed by atoms with Crippen LogP contribution in [0, 0.1) is 0 Å². The van der Waals surface area contributed by atoms with Crippen LogP contribution in [0.4, 0.5) is 5.69 Å². The van der Waals surface area contributed by atoms with Crippen molar-refractivity contribution in [1.29, 1.82) is 0 Å². The van der Waals surface area contributed by atoms with Gasteiger partial charge in [-0.15, -0.1) is 27.8 Å². The van der Waals surface area contributed by atoms with Gasteiger partial charge in [0.05, 0.1) is 18.7 Å². The van der Waals surface area contributed by atoms with Crippen LogP contribution in [0.3, 0.4) is 0 Å². The number of hydrogen-bond donors (Lipinski definition) is 1. The molecule has 0 aliphatic heterocycles. The largest absolute Gasteiger partial charge is 0.326 e. The predicted octanol–water partition coefficient (Wildman–Crippen LogP) is 3.71. The summed E-state index contributed by atoms with van der Waals surface area (Å²) in [6.45, 7) is 0.662. The number of rotatable bonds is 8. The second-order valence-electron chi connectivity index (χ2n) is 5.81. The van der Waals surface area contributed by atoms with Crippen molar-refractivity contribution < 1.29 is 4.79 Å². The van der Waals surface area contributed by atoms with Crippen LogP contribution in [0.2, 0.25) is 0 Å². The van der Waals surface area contributed by atoms with Crippen molar-refractivity contribution in [2.24, 2.45) is 0 Å². The Morgan fingerprint density at radius 1 is 1.14 bits per heavy atom. The molecule has 1 aromatic carbocycles. The average molecular weight is 429 g/mol. The first kappa shape index (κ1) is 18.8. The molecular weight excluding hydrogens is 412 g/mol. The fourth-order valence-electron chi connectivity index (χ4n) is 2.45. The number of tetrazole rings is 1. The lowest BCUT2D eigenvalue weighted by atomic mass is 10.3. The van der Waals surface area contributed by atoms with E-state index in [1.54, 1.807) is 16.0 Å². The standard InChI is InChI=1S/C18H16N6OS3/c25-16(19-13-5-2-1-3-6-13)9-17-20-14(11-27-17)12-28-18-21-22-23-24(18)10-15-7-4-8-26-15/h1-8,11H,9-10,12H2,(H,19,25). The van der Waals surface area contributed by atoms with E-state index in [9.17, 15) is 4.79 Å². The third kappa shape index (κ3) is 5.03. The summed E-state index contributed by atoms with van der Waals surface area (Å²) in [4.78, 5) is 17.9. The van der Waals surface area contributed by atoms with Crippen molar-refractivity contribution in [2.45, 2.75) is 23.9 Å². The monoisotopic (exact) mass is 428 g/mol. The lowest BCUT2D eigenvalue weighted by molar-refractivity contribution is -0.115. The van der Waals surface area contributed by atoms with Crippen molar-refractivity contribution in [3.05, 3.63) is 68.8 Å². The molecule has 3 heterocycles. The molecular formula is C18H16N6OS3. The predicted molar refractivity (Wildman–Crippen MR) is 112 cm³/mol. The maximum atomic E-state index is 12.2. The Bertz CT molecular complexity index is 1030. The highest BCUT2D eigenvalue weighted by molar-refractivity contribution is 7.98. The molecule has 0 fully saturated rings. The van der Waals surface area contributed by atoms with E-state index in [0.717, 1.165) is 21.5 Å². The summed E-state index contributed by atoms with van der Waals surface area (Å²) in [7, 11) is 0. The maximum Gasteiger partial charge on any atom is 0.231 e. The Labute approximate surface area is 173 Å². The van der Waals surface area contributed by atoms with Crippen LogP contribution in [-0.2, 0) is 23.5 Å². The number of thioether (sulfide) groups is 1. The van der Waals surface area contributed by atoms with Gasteiger partial charge in [0.2, 0.25) is 11.1 Å². The second kappa shape index (κ2) is 9.09. The maximum absolute atomic E-state index is 12.2. The fourth-order valence-corrected chi connectivity index (χ4v) is 4.80. The highest BCUT2D eigenvalue weighted by Crippen LogP contribution is 2.23. The number of benzene rings is 1. The van der Waals surface area contributed by atoms with Gasteiger partial charge in [-0.25, -0.2) is 9.67 Å². The smallest absolute Gasteiger partial charge is 0.231 e. The number of nitrogens with zero attached hydrogens (tertiary/aromatic N) is 5. The van der Waals surface area contributed by atoms with Crippen LogP contribution in [0.15, 0.2) is 58.4 Å². The van der Waals surface area contributed by atoms with E-state index < -0.39 is 0 Å². The highest BCUT2D eigenvalue weighted by Gasteiger charge is 2.12. The Balaban J connectivity index is 1.31. The minimum absolute atomic E-state index is 0.0698. The average Bonchev–Trinajstić information content (AvgIpc) is 3.44. The third-order valence-corrected chi connectivity index (χ3v) is 6.45. The zero-order valence-corrected chi connectivity index (χ0v) is 17.1. The Kier molecular flexibility index (Phi) is 6.10. The van der Waals surface area contributed by atoms with Crippen LogP contribution < -0.4 is 5.32 Å². The number of thiophene rings is 1. The summed E-state index contributed by atoms with van der Waals surface area (Å²) in [5, 5.41) is 20.4. The van der Waals surface area contributed by atoms with Crippen molar-refractivity contribution >= 4 is 46.0 Å². The van der Waals surface area contributed by atoms with Gasteiger partial charge < -0.3 is 5.32 Å². The molecule has 4 rings (SSSR count). The number of hydrogen-bond acceptors (Lipinski definition) is 8. The molecule has 10 heteroatoms. The van der Waals surface area contributed by atoms with Gasteiger partial charge in [-0.3, -0.25) is 4.79 Å². The number of amides is 1. The quantitative estimate of drug-likeness (QED) is 0.431. The highest BCUT2D eigenvalue weighted by atomic mass is 32.2. The first-order valence-electron chi connectivity index (χ1n) is 8.46. The third-order valence-electron chi connectivity index (χ3n) is 3.70. The van der Waals surface area contributed by atoms with Gasteiger partial charge in [0.1, 0.15) is 5.01 Å². The van der Waals surface area contributed by atoms with E-state index >= 15 is 0 Å². The van der Waals surface area contributed by atoms with Crippen molar-refractivity contribution in [3.63, 3.8) is 0 Å². The number of para-hydroxylation sites is 1. The lowest BCUT2D eigenvalue weighted by Gasteiger charge is -2.03. The van der Waals surface area contributed by atoms with Gasteiger partial charge in [-0.2, -0.15) is 0 Å². The molecule has 1 N–H and O–H groups in total. The molecule has 0 saturated heterocycles. The molecule has 4 aromatic rings. The molecule has 28 heavy (non-hydrogen) atoms. The SMILES string of the molecule is O=C(Cc1nc(CSc2nnnn2Cc2cccs2)cs1)Nc1ccccc1. The summed E-state index contributed by atoms with van der Waals surface area (Å²) < 4.78 is 1.79. The topological polar surface area (TPSA) is 85.6 Å². The van der Waals surface area contributed by atoms with Gasteiger partial charge in [-0.1, -0.05) is 36.0 Å². The molecule has 0 saturated carbocycles. The van der Waals surface area contributed by atoms with Crippen molar-refractivity contribution in [1.82, 2.24) is 25.2 Å². The van der Waals surface area contributed by atoms with Crippen molar-refractivity contribution in [2.75, 3.05) is 5.32 Å². The molecule has 0 spiro atoms. The molecule has 0 aliphatic rings.